The summed E-state index contributed by atoms with van der Waals surface area (Å²) >= 11 is 0. The van der Waals surface area contributed by atoms with Gasteiger partial charge in [-0.15, -0.1) is 286 Å². The van der Waals surface area contributed by atoms with E-state index in [0.29, 0.717) is 0 Å². The van der Waals surface area contributed by atoms with Gasteiger partial charge in [0.1, 0.15) is 11.2 Å². The quantitative estimate of drug-likeness (QED) is 0.0374. The third-order valence-electron chi connectivity index (χ3n) is 17.0. The molecule has 65 heteroatoms. The molecule has 0 amide bonds. The average molecular weight is 2660 g/mol. The molecule has 7 aromatic carbocycles. The Balaban J connectivity index is 0.000000263. The highest BCUT2D eigenvalue weighted by Crippen LogP contribution is 3.49. The van der Waals surface area contributed by atoms with Crippen molar-refractivity contribution in [3.05, 3.63) is 174 Å². The Morgan fingerprint density at radius 3 is 0.876 bits per heavy atom. The molecule has 1 aromatic heterocycles. The number of hydrogen-bond acceptors (Lipinski definition) is 2. The molecule has 0 radical (unpaired) electrons. The van der Waals surface area contributed by atoms with Gasteiger partial charge in [-0.05, 0) is 314 Å². The van der Waals surface area contributed by atoms with Crippen molar-refractivity contribution in [2.24, 2.45) is 0 Å². The first-order valence-electron chi connectivity index (χ1n) is 31.9. The van der Waals surface area contributed by atoms with Crippen LogP contribution in [0.3, 0.4) is 0 Å². The van der Waals surface area contributed by atoms with E-state index in [2.05, 4.69) is 464 Å². The Kier molecular flexibility index (Phi) is 58.2. The molecular formula is C48H102NOP63. The van der Waals surface area contributed by atoms with E-state index in [4.69, 9.17) is 4.42 Å². The lowest BCUT2D eigenvalue weighted by molar-refractivity contribution is 0.660. The third kappa shape index (κ3) is 29.6. The van der Waals surface area contributed by atoms with Gasteiger partial charge in [0.15, 0.2) is 0 Å². The van der Waals surface area contributed by atoms with Crippen LogP contribution >= 0.6 is 503 Å². The fourth-order valence-corrected chi connectivity index (χ4v) is 922. The van der Waals surface area contributed by atoms with Gasteiger partial charge in [-0.3, -0.25) is 0 Å². The first-order chi connectivity index (χ1) is 53.0. The standard InChI is InChI=1S/C48H37NO.H65P63/c1-47(2)40-19-8-5-15-35(40)38-28-32(23-25-42(38)47)49(33-24-26-43-39(29-33)36-16-6-9-20-41(36)48(43,3)4)31-14-11-13-30(27-31)34-18-12-22-45-46(34)37-17-7-10-21-44(37)50-45;1-33-49(32)57(48(30)31)61(56(46(26)27)47(28)29)63(60(54(42(18)19)43(20)21)55(44(22)23)45(24)25)62(58(50(34(2)3)35(4)5)51(36(6)7)37(8)9)59(52(38(10)11)39(12)13)53(40(14)15)41(16)17/h5-29H,1-4H3;33H,1-32H2. The van der Waals surface area contributed by atoms with Gasteiger partial charge >= 0.3 is 0 Å². The van der Waals surface area contributed by atoms with Crippen LogP contribution in [0.4, 0.5) is 17.1 Å². The van der Waals surface area contributed by atoms with Gasteiger partial charge in [-0.25, -0.2) is 0 Å². The van der Waals surface area contributed by atoms with Crippen molar-refractivity contribution in [2.75, 3.05) is 4.90 Å². The smallest absolute Gasteiger partial charge is 0.136 e. The first-order valence-corrected chi connectivity index (χ1v) is 146. The lowest BCUT2D eigenvalue weighted by Gasteiger charge is -2.60. The van der Waals surface area contributed by atoms with Gasteiger partial charge in [0.2, 0.25) is 0 Å². The van der Waals surface area contributed by atoms with Gasteiger partial charge in [0, 0.05) is 38.7 Å². The van der Waals surface area contributed by atoms with Crippen LogP contribution in [0, 0.1) is 0 Å². The zero-order valence-electron chi connectivity index (χ0n) is 61.2. The Hall–Kier alpha value is 21.2. The molecule has 2 nitrogen and oxygen atoms in total. The Bertz CT molecular complexity index is 4180. The zero-order valence-corrected chi connectivity index (χ0v) is 126. The van der Waals surface area contributed by atoms with Crippen LogP contribution in [-0.2, 0) is 10.8 Å². The van der Waals surface area contributed by atoms with E-state index in [0.717, 1.165) is 52.5 Å². The predicted molar refractivity (Wildman–Crippen MR) is 736 cm³/mol. The molecule has 0 bridgehead atoms. The monoisotopic (exact) mass is 2660 g/mol. The normalized spacial score (nSPS) is 15.7. The molecular weight excluding hydrogens is 2560 g/mol. The van der Waals surface area contributed by atoms with Gasteiger partial charge in [0.05, 0.1) is 0 Å². The van der Waals surface area contributed by atoms with Crippen molar-refractivity contribution in [3.63, 3.8) is 0 Å². The number of nitrogens with zero attached hydrogens (tertiary/aromatic N) is 1. The van der Waals surface area contributed by atoms with Crippen LogP contribution < -0.4 is 4.90 Å². The number of fused-ring (bicyclic) bond motifs is 9. The van der Waals surface area contributed by atoms with Crippen molar-refractivity contribution in [1.29, 1.82) is 0 Å². The summed E-state index contributed by atoms with van der Waals surface area (Å²) < 4.78 is 6.30. The number of benzene rings is 7. The van der Waals surface area contributed by atoms with E-state index in [9.17, 15) is 0 Å². The maximum atomic E-state index is 6.30. The molecule has 2 aliphatic rings. The first kappa shape index (κ1) is 118. The summed E-state index contributed by atoms with van der Waals surface area (Å²) in [5.74, 6) is 0. The van der Waals surface area contributed by atoms with Crippen molar-refractivity contribution in [2.45, 2.75) is 38.5 Å². The summed E-state index contributed by atoms with van der Waals surface area (Å²) in [6, 6.07) is 55.7. The summed E-state index contributed by atoms with van der Waals surface area (Å²) in [4.78, 5) is 2.44. The summed E-state index contributed by atoms with van der Waals surface area (Å²) in [5.41, 5.74) is 18.2. The van der Waals surface area contributed by atoms with Gasteiger partial charge in [-0.2, -0.15) is 0 Å². The second-order valence-corrected chi connectivity index (χ2v) is 283. The molecule has 37 atom stereocenters. The maximum Gasteiger partial charge on any atom is 0.136 e. The fraction of sp³-hybridized carbons (Fsp3) is 0.125. The highest BCUT2D eigenvalue weighted by molar-refractivity contribution is 9.55. The maximum absolute atomic E-state index is 6.30. The van der Waals surface area contributed by atoms with Crippen LogP contribution in [0.2, 0.25) is 0 Å². The van der Waals surface area contributed by atoms with Crippen LogP contribution in [0.25, 0.3) is 55.3 Å². The molecule has 0 N–H and O–H groups in total. The van der Waals surface area contributed by atoms with Crippen molar-refractivity contribution in [3.8, 4) is 33.4 Å². The molecule has 0 fully saturated rings. The minimum Gasteiger partial charge on any atom is -0.456 e. The SMILES string of the molecule is CC1(C)c2ccccc2-c2cc(N(c3cccc(-c4cccc5oc6ccccc6c45)c3)c3ccc4c(c3)-c3ccccc3C4(C)C)ccc21.PPP(P)P(P(P)P)P(P(P(P)P)P(P)P)P(P(P(P(P)P)P(P)P)P(P(P)P)P(P)P)P(P(P(P(P)P)P(P)P)P(P(P)P)P(P)P)P(P(P(P)P)P(P)P)P(P(P)P)P(P)P. The number of para-hydroxylation sites is 1. The number of furan rings is 1. The van der Waals surface area contributed by atoms with Gasteiger partial charge in [0.25, 0.3) is 0 Å². The summed E-state index contributed by atoms with van der Waals surface area (Å²) in [5, 5.41) is 2.29. The van der Waals surface area contributed by atoms with E-state index in [-0.39, 0.29) is 220 Å². The molecule has 37 unspecified atom stereocenters. The third-order valence-corrected chi connectivity index (χ3v) is 457. The lowest BCUT2D eigenvalue weighted by atomic mass is 9.82. The van der Waals surface area contributed by atoms with Gasteiger partial charge in [-0.1, -0.05) is 139 Å². The van der Waals surface area contributed by atoms with Crippen molar-refractivity contribution in [1.82, 2.24) is 0 Å². The molecule has 10 rings (SSSR count). The largest absolute Gasteiger partial charge is 0.456 e. The molecule has 113 heavy (non-hydrogen) atoms. The topological polar surface area (TPSA) is 16.4 Å². The molecule has 8 aromatic rings. The average Bonchev–Trinajstić information content (AvgIpc) is 1.25. The summed E-state index contributed by atoms with van der Waals surface area (Å²) in [6.07, 6.45) is 0. The minimum absolute atomic E-state index is 0.0515. The van der Waals surface area contributed by atoms with Crippen molar-refractivity contribution >= 4 is 542 Å². The molecule has 2 aliphatic carbocycles. The Morgan fingerprint density at radius 1 is 0.257 bits per heavy atom. The number of rotatable bonds is 34. The van der Waals surface area contributed by atoms with Crippen LogP contribution in [0.15, 0.2) is 156 Å². The minimum atomic E-state index is -0.291. The number of anilines is 3. The van der Waals surface area contributed by atoms with E-state index in [1.807, 2.05) is 6.07 Å². The zero-order chi connectivity index (χ0) is 83.8. The lowest BCUT2D eigenvalue weighted by Crippen LogP contribution is -2.16. The van der Waals surface area contributed by atoms with Crippen LogP contribution in [0.5, 0.6) is 0 Å². The molecule has 0 saturated carbocycles. The Labute approximate surface area is 787 Å². The molecule has 620 valence electrons. The van der Waals surface area contributed by atoms with Crippen molar-refractivity contribution < 1.29 is 4.42 Å². The predicted octanol–water partition coefficient (Wildman–Crippen LogP) is 50.2. The van der Waals surface area contributed by atoms with Crippen LogP contribution in [0.1, 0.15) is 49.9 Å². The Morgan fingerprint density at radius 2 is 0.531 bits per heavy atom. The molecule has 0 spiro atoms. The van der Waals surface area contributed by atoms with E-state index < -0.39 is 0 Å². The number of hydrogen-bond donors (Lipinski definition) is 0. The highest BCUT2D eigenvalue weighted by atomic mass is 33.6. The molecule has 1 heterocycles. The van der Waals surface area contributed by atoms with Crippen LogP contribution in [-0.4, -0.2) is 0 Å². The van der Waals surface area contributed by atoms with E-state index in [1.165, 1.54) is 50.1 Å². The fourth-order valence-electron chi connectivity index (χ4n) is 12.7. The summed E-state index contributed by atoms with van der Waals surface area (Å²) in [6.45, 7) is 2.14. The molecule has 0 saturated heterocycles. The summed E-state index contributed by atoms with van der Waals surface area (Å²) in [7, 11) is 116. The van der Waals surface area contributed by atoms with E-state index >= 15 is 0 Å². The van der Waals surface area contributed by atoms with Gasteiger partial charge < -0.3 is 9.32 Å². The van der Waals surface area contributed by atoms with E-state index in [1.54, 1.807) is 0 Å². The molecule has 0 aliphatic heterocycles. The second kappa shape index (κ2) is 55.8. The highest BCUT2D eigenvalue weighted by Gasteiger charge is 2.62. The second-order valence-electron chi connectivity index (χ2n) is 24.9.